The fraction of sp³-hybridized carbons (Fsp3) is 0.500. The van der Waals surface area contributed by atoms with Gasteiger partial charge in [0.1, 0.15) is 11.5 Å². The molecule has 6 heteroatoms. The van der Waals surface area contributed by atoms with E-state index in [1.807, 2.05) is 0 Å². The number of esters is 1. The first-order valence-corrected chi connectivity index (χ1v) is 8.30. The lowest BCUT2D eigenvalue weighted by Crippen LogP contribution is -2.33. The molecule has 2 fully saturated rings. The maximum absolute atomic E-state index is 12.3. The summed E-state index contributed by atoms with van der Waals surface area (Å²) >= 11 is 0. The van der Waals surface area contributed by atoms with E-state index in [4.69, 9.17) is 9.47 Å². The van der Waals surface area contributed by atoms with E-state index in [9.17, 15) is 14.4 Å². The summed E-state index contributed by atoms with van der Waals surface area (Å²) < 4.78 is 10.3. The topological polar surface area (TPSA) is 72.9 Å². The minimum absolute atomic E-state index is 0.00293. The summed E-state index contributed by atoms with van der Waals surface area (Å²) in [6.07, 6.45) is 3.55. The lowest BCUT2D eigenvalue weighted by molar-refractivity contribution is -0.141. The molecule has 1 saturated carbocycles. The monoisotopic (exact) mass is 331 g/mol. The Morgan fingerprint density at radius 1 is 1.04 bits per heavy atom. The van der Waals surface area contributed by atoms with Gasteiger partial charge in [-0.25, -0.2) is 0 Å². The molecular formula is C18H21NO5. The van der Waals surface area contributed by atoms with Crippen LogP contribution in [0.25, 0.3) is 0 Å². The second-order valence-corrected chi connectivity index (χ2v) is 6.23. The summed E-state index contributed by atoms with van der Waals surface area (Å²) in [5, 5.41) is 0. The van der Waals surface area contributed by atoms with Crippen molar-refractivity contribution < 1.29 is 23.9 Å². The number of benzene rings is 1. The Morgan fingerprint density at radius 2 is 1.58 bits per heavy atom. The van der Waals surface area contributed by atoms with E-state index in [-0.39, 0.29) is 36.6 Å². The Morgan fingerprint density at radius 3 is 2.12 bits per heavy atom. The summed E-state index contributed by atoms with van der Waals surface area (Å²) in [6.45, 7) is 0.0969. The minimum atomic E-state index is -0.462. The van der Waals surface area contributed by atoms with Crippen LogP contribution in [0.3, 0.4) is 0 Å². The molecule has 2 aliphatic rings. The number of nitrogens with zero attached hydrogens (tertiary/aromatic N) is 1. The van der Waals surface area contributed by atoms with Gasteiger partial charge < -0.3 is 9.47 Å². The lowest BCUT2D eigenvalue weighted by Gasteiger charge is -2.19. The largest absolute Gasteiger partial charge is 0.497 e. The van der Waals surface area contributed by atoms with Gasteiger partial charge in [0, 0.05) is 6.54 Å². The van der Waals surface area contributed by atoms with E-state index in [1.54, 1.807) is 31.4 Å². The average molecular weight is 331 g/mol. The Kier molecular flexibility index (Phi) is 4.83. The second-order valence-electron chi connectivity index (χ2n) is 6.23. The number of hydrogen-bond donors (Lipinski definition) is 0. The predicted octanol–water partition coefficient (Wildman–Crippen LogP) is 2.17. The third-order valence-corrected chi connectivity index (χ3v) is 4.76. The van der Waals surface area contributed by atoms with Crippen LogP contribution in [-0.2, 0) is 14.4 Å². The van der Waals surface area contributed by atoms with Gasteiger partial charge in [0.05, 0.1) is 25.4 Å². The van der Waals surface area contributed by atoms with Crippen LogP contribution in [0, 0.1) is 11.8 Å². The van der Waals surface area contributed by atoms with Gasteiger partial charge in [0.25, 0.3) is 0 Å². The summed E-state index contributed by atoms with van der Waals surface area (Å²) in [5.74, 6) is 0.0199. The number of fused-ring (bicyclic) bond motifs is 1. The van der Waals surface area contributed by atoms with Gasteiger partial charge in [-0.15, -0.1) is 0 Å². The van der Waals surface area contributed by atoms with Gasteiger partial charge in [0.2, 0.25) is 11.8 Å². The molecular weight excluding hydrogens is 310 g/mol. The number of amides is 2. The highest BCUT2D eigenvalue weighted by molar-refractivity contribution is 6.05. The fourth-order valence-corrected chi connectivity index (χ4v) is 3.48. The molecule has 2 amide bonds. The third-order valence-electron chi connectivity index (χ3n) is 4.76. The van der Waals surface area contributed by atoms with Gasteiger partial charge in [-0.05, 0) is 37.1 Å². The van der Waals surface area contributed by atoms with Crippen molar-refractivity contribution in [3.8, 4) is 11.5 Å². The van der Waals surface area contributed by atoms with E-state index < -0.39 is 5.97 Å². The highest BCUT2D eigenvalue weighted by Gasteiger charge is 2.47. The van der Waals surface area contributed by atoms with Crippen LogP contribution >= 0.6 is 0 Å². The smallest absolute Gasteiger partial charge is 0.312 e. The van der Waals surface area contributed by atoms with Gasteiger partial charge in [-0.3, -0.25) is 19.3 Å². The molecule has 0 unspecified atom stereocenters. The van der Waals surface area contributed by atoms with Crippen molar-refractivity contribution in [2.75, 3.05) is 13.7 Å². The lowest BCUT2D eigenvalue weighted by atomic mass is 9.81. The molecule has 1 aliphatic heterocycles. The highest BCUT2D eigenvalue weighted by atomic mass is 16.5. The number of carbonyl (C=O) groups excluding carboxylic acids is 3. The molecule has 1 saturated heterocycles. The molecule has 0 N–H and O–H groups in total. The van der Waals surface area contributed by atoms with Crippen molar-refractivity contribution in [1.82, 2.24) is 4.90 Å². The van der Waals surface area contributed by atoms with Crippen LogP contribution < -0.4 is 9.47 Å². The molecule has 128 valence electrons. The number of rotatable bonds is 5. The predicted molar refractivity (Wildman–Crippen MR) is 85.4 cm³/mol. The van der Waals surface area contributed by atoms with Crippen molar-refractivity contribution in [1.29, 1.82) is 0 Å². The maximum Gasteiger partial charge on any atom is 0.312 e. The van der Waals surface area contributed by atoms with E-state index >= 15 is 0 Å². The molecule has 24 heavy (non-hydrogen) atoms. The molecule has 0 spiro atoms. The van der Waals surface area contributed by atoms with Crippen molar-refractivity contribution in [2.24, 2.45) is 11.8 Å². The van der Waals surface area contributed by atoms with Crippen LogP contribution in [0.15, 0.2) is 24.3 Å². The molecule has 1 aliphatic carbocycles. The maximum atomic E-state index is 12.3. The number of ether oxygens (including phenoxy) is 2. The molecule has 2 atom stereocenters. The Hall–Kier alpha value is -2.37. The van der Waals surface area contributed by atoms with Gasteiger partial charge in [-0.1, -0.05) is 12.8 Å². The molecule has 1 aromatic rings. The van der Waals surface area contributed by atoms with E-state index in [0.29, 0.717) is 11.5 Å². The van der Waals surface area contributed by atoms with Crippen molar-refractivity contribution >= 4 is 17.8 Å². The summed E-state index contributed by atoms with van der Waals surface area (Å²) in [6, 6.07) is 6.66. The summed E-state index contributed by atoms with van der Waals surface area (Å²) in [4.78, 5) is 37.9. The van der Waals surface area contributed by atoms with Gasteiger partial charge in [-0.2, -0.15) is 0 Å². The molecule has 0 aromatic heterocycles. The normalized spacial score (nSPS) is 23.1. The Balaban J connectivity index is 1.54. The summed E-state index contributed by atoms with van der Waals surface area (Å²) in [7, 11) is 1.56. The third kappa shape index (κ3) is 3.27. The van der Waals surface area contributed by atoms with Crippen LogP contribution in [-0.4, -0.2) is 36.3 Å². The number of likely N-dealkylation sites (tertiary alicyclic amines) is 1. The number of imide groups is 1. The minimum Gasteiger partial charge on any atom is -0.497 e. The van der Waals surface area contributed by atoms with Crippen molar-refractivity contribution in [3.05, 3.63) is 24.3 Å². The Labute approximate surface area is 140 Å². The number of methoxy groups -OCH3 is 1. The fourth-order valence-electron chi connectivity index (χ4n) is 3.48. The second kappa shape index (κ2) is 7.03. The van der Waals surface area contributed by atoms with E-state index in [1.165, 1.54) is 4.90 Å². The zero-order valence-electron chi connectivity index (χ0n) is 13.7. The van der Waals surface area contributed by atoms with E-state index in [2.05, 4.69) is 0 Å². The molecule has 6 nitrogen and oxygen atoms in total. The molecule has 1 aromatic carbocycles. The standard InChI is InChI=1S/C18H21NO5/c1-23-12-6-8-13(9-7-12)24-16(20)10-11-19-17(21)14-4-2-3-5-15(14)18(19)22/h6-9,14-15H,2-5,10-11H2,1H3/t14-,15-/m0/s1. The van der Waals surface area contributed by atoms with Crippen LogP contribution in [0.1, 0.15) is 32.1 Å². The van der Waals surface area contributed by atoms with E-state index in [0.717, 1.165) is 25.7 Å². The van der Waals surface area contributed by atoms with Gasteiger partial charge >= 0.3 is 5.97 Å². The first kappa shape index (κ1) is 16.5. The quantitative estimate of drug-likeness (QED) is 0.470. The molecule has 1 heterocycles. The van der Waals surface area contributed by atoms with Crippen LogP contribution in [0.4, 0.5) is 0 Å². The SMILES string of the molecule is COc1ccc(OC(=O)CCN2C(=O)[C@H]3CCCC[C@@H]3C2=O)cc1. The van der Waals surface area contributed by atoms with Crippen LogP contribution in [0.2, 0.25) is 0 Å². The first-order valence-electron chi connectivity index (χ1n) is 8.30. The van der Waals surface area contributed by atoms with Crippen molar-refractivity contribution in [2.45, 2.75) is 32.1 Å². The molecule has 3 rings (SSSR count). The number of hydrogen-bond acceptors (Lipinski definition) is 5. The number of carbonyl (C=O) groups is 3. The molecule has 0 bridgehead atoms. The zero-order valence-corrected chi connectivity index (χ0v) is 13.7. The highest BCUT2D eigenvalue weighted by Crippen LogP contribution is 2.37. The molecule has 0 radical (unpaired) electrons. The zero-order chi connectivity index (χ0) is 17.1. The van der Waals surface area contributed by atoms with Crippen LogP contribution in [0.5, 0.6) is 11.5 Å². The first-order chi connectivity index (χ1) is 11.6. The van der Waals surface area contributed by atoms with Gasteiger partial charge in [0.15, 0.2) is 0 Å². The van der Waals surface area contributed by atoms with Crippen molar-refractivity contribution in [3.63, 3.8) is 0 Å². The average Bonchev–Trinajstić information content (AvgIpc) is 2.85. The Bertz CT molecular complexity index is 615. The summed E-state index contributed by atoms with van der Waals surface area (Å²) in [5.41, 5.74) is 0.